The summed E-state index contributed by atoms with van der Waals surface area (Å²) in [6.07, 6.45) is 3.42. The zero-order valence-electron chi connectivity index (χ0n) is 12.0. The van der Waals surface area contributed by atoms with E-state index in [-0.39, 0.29) is 24.3 Å². The molecule has 0 N–H and O–H groups in total. The topological polar surface area (TPSA) is 29.5 Å². The standard InChI is InChI=1S/C16H21NO2/c1-11(2)17(12(3)4)16(18)19-15-10-9-13-7-5-6-8-14(13)15/h5-12,15H,1-4H3. The van der Waals surface area contributed by atoms with Crippen LogP contribution in [0.4, 0.5) is 4.79 Å². The van der Waals surface area contributed by atoms with Crippen LogP contribution in [0.5, 0.6) is 0 Å². The molecule has 1 amide bonds. The maximum Gasteiger partial charge on any atom is 0.411 e. The van der Waals surface area contributed by atoms with Gasteiger partial charge in [-0.1, -0.05) is 30.3 Å². The summed E-state index contributed by atoms with van der Waals surface area (Å²) in [5.74, 6) is 0. The highest BCUT2D eigenvalue weighted by Crippen LogP contribution is 2.31. The molecule has 0 aliphatic heterocycles. The Morgan fingerprint density at radius 2 is 1.79 bits per heavy atom. The lowest BCUT2D eigenvalue weighted by Crippen LogP contribution is -2.42. The van der Waals surface area contributed by atoms with Gasteiger partial charge in [0, 0.05) is 17.6 Å². The van der Waals surface area contributed by atoms with Crippen LogP contribution in [0.3, 0.4) is 0 Å². The molecule has 102 valence electrons. The summed E-state index contributed by atoms with van der Waals surface area (Å²) >= 11 is 0. The third kappa shape index (κ3) is 2.80. The minimum absolute atomic E-state index is 0.133. The Morgan fingerprint density at radius 3 is 2.42 bits per heavy atom. The molecule has 0 bridgehead atoms. The zero-order chi connectivity index (χ0) is 14.0. The van der Waals surface area contributed by atoms with Gasteiger partial charge in [-0.15, -0.1) is 0 Å². The molecule has 0 heterocycles. The van der Waals surface area contributed by atoms with E-state index in [0.717, 1.165) is 11.1 Å². The molecular formula is C16H21NO2. The number of fused-ring (bicyclic) bond motifs is 1. The lowest BCUT2D eigenvalue weighted by Gasteiger charge is -2.30. The molecule has 1 unspecified atom stereocenters. The molecule has 2 rings (SSSR count). The van der Waals surface area contributed by atoms with Crippen LogP contribution in [0.25, 0.3) is 6.08 Å². The lowest BCUT2D eigenvalue weighted by molar-refractivity contribution is 0.0608. The molecule has 0 fully saturated rings. The molecule has 19 heavy (non-hydrogen) atoms. The molecular weight excluding hydrogens is 238 g/mol. The van der Waals surface area contributed by atoms with Gasteiger partial charge in [0.15, 0.2) is 0 Å². The second kappa shape index (κ2) is 5.47. The van der Waals surface area contributed by atoms with Crippen LogP contribution in [0, 0.1) is 0 Å². The average Bonchev–Trinajstić information content (AvgIpc) is 2.72. The summed E-state index contributed by atoms with van der Waals surface area (Å²) in [6, 6.07) is 8.25. The summed E-state index contributed by atoms with van der Waals surface area (Å²) in [7, 11) is 0. The van der Waals surface area contributed by atoms with Gasteiger partial charge in [0.1, 0.15) is 6.10 Å². The van der Waals surface area contributed by atoms with Crippen molar-refractivity contribution in [2.45, 2.75) is 45.9 Å². The maximum absolute atomic E-state index is 12.3. The van der Waals surface area contributed by atoms with E-state index in [1.54, 1.807) is 4.90 Å². The van der Waals surface area contributed by atoms with E-state index in [1.807, 2.05) is 64.1 Å². The van der Waals surface area contributed by atoms with Crippen LogP contribution in [0.15, 0.2) is 30.3 Å². The molecule has 1 atom stereocenters. The molecule has 0 saturated heterocycles. The quantitative estimate of drug-likeness (QED) is 0.820. The zero-order valence-corrected chi connectivity index (χ0v) is 12.0. The molecule has 3 nitrogen and oxygen atoms in total. The number of nitrogens with zero attached hydrogens (tertiary/aromatic N) is 1. The second-order valence-electron chi connectivity index (χ2n) is 5.39. The Balaban J connectivity index is 2.11. The Bertz CT molecular complexity index is 483. The van der Waals surface area contributed by atoms with Crippen LogP contribution < -0.4 is 0 Å². The van der Waals surface area contributed by atoms with Gasteiger partial charge in [-0.2, -0.15) is 0 Å². The number of hydrogen-bond acceptors (Lipinski definition) is 2. The molecule has 0 aromatic heterocycles. The van der Waals surface area contributed by atoms with Gasteiger partial charge in [0.2, 0.25) is 0 Å². The van der Waals surface area contributed by atoms with Crippen LogP contribution >= 0.6 is 0 Å². The number of carbonyl (C=O) groups excluding carboxylic acids is 1. The normalized spacial score (nSPS) is 16.8. The molecule has 1 aliphatic carbocycles. The van der Waals surface area contributed by atoms with Crippen molar-refractivity contribution < 1.29 is 9.53 Å². The summed E-state index contributed by atoms with van der Waals surface area (Å²) < 4.78 is 5.62. The first-order valence-electron chi connectivity index (χ1n) is 6.76. The van der Waals surface area contributed by atoms with Crippen molar-refractivity contribution in [3.63, 3.8) is 0 Å². The van der Waals surface area contributed by atoms with Crippen molar-refractivity contribution in [1.82, 2.24) is 4.90 Å². The van der Waals surface area contributed by atoms with Gasteiger partial charge in [-0.3, -0.25) is 0 Å². The van der Waals surface area contributed by atoms with Crippen molar-refractivity contribution >= 4 is 12.2 Å². The van der Waals surface area contributed by atoms with E-state index in [9.17, 15) is 4.79 Å². The number of ether oxygens (including phenoxy) is 1. The molecule has 0 radical (unpaired) electrons. The third-order valence-electron chi connectivity index (χ3n) is 3.30. The summed E-state index contributed by atoms with van der Waals surface area (Å²) in [4.78, 5) is 14.0. The van der Waals surface area contributed by atoms with E-state index < -0.39 is 0 Å². The Labute approximate surface area is 114 Å². The van der Waals surface area contributed by atoms with Crippen LogP contribution in [0.2, 0.25) is 0 Å². The number of hydrogen-bond donors (Lipinski definition) is 0. The summed E-state index contributed by atoms with van der Waals surface area (Å²) in [5, 5.41) is 0. The smallest absolute Gasteiger partial charge is 0.411 e. The Morgan fingerprint density at radius 1 is 1.16 bits per heavy atom. The van der Waals surface area contributed by atoms with E-state index in [4.69, 9.17) is 4.74 Å². The number of carbonyl (C=O) groups is 1. The third-order valence-corrected chi connectivity index (χ3v) is 3.30. The fourth-order valence-electron chi connectivity index (χ4n) is 2.51. The van der Waals surface area contributed by atoms with Gasteiger partial charge < -0.3 is 9.64 Å². The molecule has 3 heteroatoms. The van der Waals surface area contributed by atoms with Crippen molar-refractivity contribution in [1.29, 1.82) is 0 Å². The van der Waals surface area contributed by atoms with Crippen molar-refractivity contribution in [2.24, 2.45) is 0 Å². The van der Waals surface area contributed by atoms with Crippen LogP contribution in [-0.4, -0.2) is 23.1 Å². The lowest BCUT2D eigenvalue weighted by atomic mass is 10.1. The number of benzene rings is 1. The monoisotopic (exact) mass is 259 g/mol. The largest absolute Gasteiger partial charge is 0.437 e. The van der Waals surface area contributed by atoms with Crippen LogP contribution in [-0.2, 0) is 4.74 Å². The fourth-order valence-corrected chi connectivity index (χ4v) is 2.51. The Kier molecular flexibility index (Phi) is 3.93. The predicted molar refractivity (Wildman–Crippen MR) is 76.8 cm³/mol. The second-order valence-corrected chi connectivity index (χ2v) is 5.39. The van der Waals surface area contributed by atoms with Gasteiger partial charge in [-0.05, 0) is 39.3 Å². The van der Waals surface area contributed by atoms with Gasteiger partial charge >= 0.3 is 6.09 Å². The van der Waals surface area contributed by atoms with Gasteiger partial charge in [0.25, 0.3) is 0 Å². The van der Waals surface area contributed by atoms with E-state index in [1.165, 1.54) is 0 Å². The molecule has 1 aromatic rings. The van der Waals surface area contributed by atoms with E-state index in [0.29, 0.717) is 0 Å². The Hall–Kier alpha value is -1.77. The minimum Gasteiger partial charge on any atom is -0.437 e. The maximum atomic E-state index is 12.3. The highest BCUT2D eigenvalue weighted by atomic mass is 16.6. The highest BCUT2D eigenvalue weighted by Gasteiger charge is 2.26. The van der Waals surface area contributed by atoms with Gasteiger partial charge in [-0.25, -0.2) is 4.79 Å². The first kappa shape index (κ1) is 13.7. The predicted octanol–water partition coefficient (Wildman–Crippen LogP) is 4.01. The fraction of sp³-hybridized carbons (Fsp3) is 0.438. The van der Waals surface area contributed by atoms with Crippen molar-refractivity contribution in [3.8, 4) is 0 Å². The van der Waals surface area contributed by atoms with Crippen LogP contribution in [0.1, 0.15) is 44.9 Å². The highest BCUT2D eigenvalue weighted by molar-refractivity contribution is 5.71. The number of rotatable bonds is 3. The first-order valence-corrected chi connectivity index (χ1v) is 6.76. The molecule has 0 spiro atoms. The average molecular weight is 259 g/mol. The molecule has 1 aromatic carbocycles. The van der Waals surface area contributed by atoms with Gasteiger partial charge in [0.05, 0.1) is 0 Å². The SMILES string of the molecule is CC(C)N(C(=O)OC1C=Cc2ccccc21)C(C)C. The molecule has 0 saturated carbocycles. The summed E-state index contributed by atoms with van der Waals surface area (Å²) in [5.41, 5.74) is 2.18. The minimum atomic E-state index is -0.260. The molecule has 1 aliphatic rings. The summed E-state index contributed by atoms with van der Waals surface area (Å²) in [6.45, 7) is 8.00. The number of amides is 1. The van der Waals surface area contributed by atoms with Crippen molar-refractivity contribution in [2.75, 3.05) is 0 Å². The van der Waals surface area contributed by atoms with Crippen molar-refractivity contribution in [3.05, 3.63) is 41.5 Å². The first-order chi connectivity index (χ1) is 9.00. The van der Waals surface area contributed by atoms with E-state index >= 15 is 0 Å². The van der Waals surface area contributed by atoms with E-state index in [2.05, 4.69) is 0 Å².